The number of benzene rings is 2. The van der Waals surface area contributed by atoms with E-state index < -0.39 is 0 Å². The van der Waals surface area contributed by atoms with Crippen LogP contribution in [0.15, 0.2) is 53.3 Å². The van der Waals surface area contributed by atoms with Crippen LogP contribution in [0.5, 0.6) is 5.75 Å². The molecule has 0 bridgehead atoms. The fourth-order valence-corrected chi connectivity index (χ4v) is 2.76. The minimum atomic E-state index is -0.238. The minimum Gasteiger partial charge on any atom is -0.496 e. The van der Waals surface area contributed by atoms with Crippen molar-refractivity contribution < 1.29 is 4.74 Å². The molecule has 1 aromatic heterocycles. The molecule has 0 saturated heterocycles. The van der Waals surface area contributed by atoms with E-state index in [0.29, 0.717) is 6.54 Å². The molecular formula is C17H16ClN3O2. The summed E-state index contributed by atoms with van der Waals surface area (Å²) < 4.78 is 8.07. The van der Waals surface area contributed by atoms with E-state index in [1.807, 2.05) is 48.5 Å². The average molecular weight is 330 g/mol. The summed E-state index contributed by atoms with van der Waals surface area (Å²) in [6.07, 6.45) is 0. The largest absolute Gasteiger partial charge is 0.496 e. The lowest BCUT2D eigenvalue weighted by Crippen LogP contribution is -2.23. The molecule has 23 heavy (non-hydrogen) atoms. The van der Waals surface area contributed by atoms with Gasteiger partial charge in [-0.25, -0.2) is 9.48 Å². The first-order valence-electron chi connectivity index (χ1n) is 7.12. The normalized spacial score (nSPS) is 10.7. The molecule has 6 heteroatoms. The Morgan fingerprint density at radius 3 is 2.65 bits per heavy atom. The Bertz CT molecular complexity index is 899. The van der Waals surface area contributed by atoms with Crippen LogP contribution >= 0.6 is 11.6 Å². The number of halogens is 1. The monoisotopic (exact) mass is 329 g/mol. The van der Waals surface area contributed by atoms with Gasteiger partial charge in [0.15, 0.2) is 0 Å². The number of hydrogen-bond acceptors (Lipinski definition) is 3. The maximum atomic E-state index is 12.0. The van der Waals surface area contributed by atoms with E-state index in [4.69, 9.17) is 16.3 Å². The Morgan fingerprint density at radius 1 is 1.17 bits per heavy atom. The third-order valence-corrected chi connectivity index (χ3v) is 3.93. The molecule has 0 aliphatic carbocycles. The summed E-state index contributed by atoms with van der Waals surface area (Å²) in [7, 11) is 3.23. The maximum Gasteiger partial charge on any atom is 0.346 e. The van der Waals surface area contributed by atoms with Crippen molar-refractivity contribution in [1.82, 2.24) is 14.3 Å². The molecule has 0 atom stereocenters. The van der Waals surface area contributed by atoms with Gasteiger partial charge >= 0.3 is 5.69 Å². The fourth-order valence-electron chi connectivity index (χ4n) is 2.51. The summed E-state index contributed by atoms with van der Waals surface area (Å²) in [5.74, 6) is 0.807. The first-order valence-corrected chi connectivity index (χ1v) is 7.49. The molecule has 2 aromatic carbocycles. The van der Waals surface area contributed by atoms with Crippen LogP contribution in [-0.4, -0.2) is 21.5 Å². The van der Waals surface area contributed by atoms with Crippen molar-refractivity contribution in [1.29, 1.82) is 0 Å². The molecule has 0 N–H and O–H groups in total. The number of aryl methyl sites for hydroxylation is 1. The van der Waals surface area contributed by atoms with Crippen LogP contribution in [0.3, 0.4) is 0 Å². The van der Waals surface area contributed by atoms with E-state index in [1.165, 1.54) is 9.25 Å². The second-order valence-electron chi connectivity index (χ2n) is 5.16. The van der Waals surface area contributed by atoms with E-state index in [-0.39, 0.29) is 11.0 Å². The quantitative estimate of drug-likeness (QED) is 0.739. The van der Waals surface area contributed by atoms with Crippen LogP contribution in [0.4, 0.5) is 0 Å². The Morgan fingerprint density at radius 2 is 1.96 bits per heavy atom. The molecule has 3 rings (SSSR count). The Hall–Kier alpha value is -2.53. The van der Waals surface area contributed by atoms with Crippen molar-refractivity contribution in [3.63, 3.8) is 0 Å². The van der Waals surface area contributed by atoms with Crippen LogP contribution in [0.25, 0.3) is 11.1 Å². The molecule has 0 aliphatic heterocycles. The lowest BCUT2D eigenvalue weighted by atomic mass is 10.0. The molecule has 0 fully saturated rings. The van der Waals surface area contributed by atoms with Gasteiger partial charge in [0.1, 0.15) is 5.75 Å². The van der Waals surface area contributed by atoms with Crippen LogP contribution < -0.4 is 10.4 Å². The number of para-hydroxylation sites is 1. The summed E-state index contributed by atoms with van der Waals surface area (Å²) in [4.78, 5) is 12.0. The van der Waals surface area contributed by atoms with E-state index in [2.05, 4.69) is 5.10 Å². The molecule has 0 spiro atoms. The summed E-state index contributed by atoms with van der Waals surface area (Å²) in [5.41, 5.74) is 2.75. The third kappa shape index (κ3) is 3.00. The zero-order valence-electron chi connectivity index (χ0n) is 12.9. The highest BCUT2D eigenvalue weighted by molar-refractivity contribution is 6.28. The summed E-state index contributed by atoms with van der Waals surface area (Å²) in [5, 5.41) is 4.11. The SMILES string of the molecule is COc1ccccc1-c1cccc(Cn2c(Cl)nn(C)c2=O)c1. The molecular weight excluding hydrogens is 314 g/mol. The number of ether oxygens (including phenoxy) is 1. The van der Waals surface area contributed by atoms with Gasteiger partial charge in [-0.3, -0.25) is 4.57 Å². The molecule has 0 radical (unpaired) electrons. The summed E-state index contributed by atoms with van der Waals surface area (Å²) in [6.45, 7) is 0.370. The number of aromatic nitrogens is 3. The number of rotatable bonds is 4. The van der Waals surface area contributed by atoms with E-state index >= 15 is 0 Å². The highest BCUT2D eigenvalue weighted by Crippen LogP contribution is 2.30. The fraction of sp³-hybridized carbons (Fsp3) is 0.176. The van der Waals surface area contributed by atoms with Gasteiger partial charge in [-0.2, -0.15) is 0 Å². The van der Waals surface area contributed by atoms with Crippen molar-refractivity contribution in [3.8, 4) is 16.9 Å². The smallest absolute Gasteiger partial charge is 0.346 e. The summed E-state index contributed by atoms with van der Waals surface area (Å²) in [6, 6.07) is 15.8. The summed E-state index contributed by atoms with van der Waals surface area (Å²) >= 11 is 6.02. The topological polar surface area (TPSA) is 49.0 Å². The van der Waals surface area contributed by atoms with Crippen LogP contribution in [-0.2, 0) is 13.6 Å². The maximum absolute atomic E-state index is 12.0. The Labute approximate surface area is 138 Å². The van der Waals surface area contributed by atoms with Crippen molar-refractivity contribution >= 4 is 11.6 Å². The molecule has 5 nitrogen and oxygen atoms in total. The zero-order chi connectivity index (χ0) is 16.4. The second-order valence-corrected chi connectivity index (χ2v) is 5.50. The molecule has 1 heterocycles. The molecule has 118 valence electrons. The third-order valence-electron chi connectivity index (χ3n) is 3.65. The standard InChI is InChI=1S/C17H16ClN3O2/c1-20-17(22)21(16(18)19-20)11-12-6-5-7-13(10-12)14-8-3-4-9-15(14)23-2/h3-10H,11H2,1-2H3. The van der Waals surface area contributed by atoms with Gasteiger partial charge < -0.3 is 4.74 Å². The Balaban J connectivity index is 1.99. The second kappa shape index (κ2) is 6.30. The predicted molar refractivity (Wildman–Crippen MR) is 90.0 cm³/mol. The van der Waals surface area contributed by atoms with Crippen LogP contribution in [0.2, 0.25) is 5.28 Å². The van der Waals surface area contributed by atoms with E-state index in [9.17, 15) is 4.79 Å². The van der Waals surface area contributed by atoms with Gasteiger partial charge in [-0.15, -0.1) is 5.10 Å². The van der Waals surface area contributed by atoms with Gasteiger partial charge in [0.2, 0.25) is 5.28 Å². The first kappa shape index (κ1) is 15.4. The van der Waals surface area contributed by atoms with Gasteiger partial charge in [0.05, 0.1) is 13.7 Å². The lowest BCUT2D eigenvalue weighted by Gasteiger charge is -2.10. The number of hydrogen-bond donors (Lipinski definition) is 0. The molecule has 3 aromatic rings. The minimum absolute atomic E-state index is 0.181. The van der Waals surface area contributed by atoms with Gasteiger partial charge in [0, 0.05) is 12.6 Å². The van der Waals surface area contributed by atoms with Gasteiger partial charge in [0.25, 0.3) is 0 Å². The van der Waals surface area contributed by atoms with Crippen molar-refractivity contribution in [3.05, 3.63) is 69.9 Å². The number of nitrogens with zero attached hydrogens (tertiary/aromatic N) is 3. The highest BCUT2D eigenvalue weighted by Gasteiger charge is 2.10. The lowest BCUT2D eigenvalue weighted by molar-refractivity contribution is 0.416. The van der Waals surface area contributed by atoms with Crippen LogP contribution in [0.1, 0.15) is 5.56 Å². The van der Waals surface area contributed by atoms with E-state index in [1.54, 1.807) is 14.2 Å². The predicted octanol–water partition coefficient (Wildman–Crippen LogP) is 2.96. The van der Waals surface area contributed by atoms with Crippen molar-refractivity contribution in [2.75, 3.05) is 7.11 Å². The molecule has 0 aliphatic rings. The molecule has 0 unspecified atom stereocenters. The van der Waals surface area contributed by atoms with Gasteiger partial charge in [-0.1, -0.05) is 36.4 Å². The van der Waals surface area contributed by atoms with Crippen molar-refractivity contribution in [2.24, 2.45) is 7.05 Å². The zero-order valence-corrected chi connectivity index (χ0v) is 13.6. The molecule has 0 amide bonds. The van der Waals surface area contributed by atoms with Crippen molar-refractivity contribution in [2.45, 2.75) is 6.54 Å². The van der Waals surface area contributed by atoms with Crippen LogP contribution in [0, 0.1) is 0 Å². The Kier molecular flexibility index (Phi) is 4.21. The van der Waals surface area contributed by atoms with Gasteiger partial charge in [-0.05, 0) is 34.9 Å². The van der Waals surface area contributed by atoms with E-state index in [0.717, 1.165) is 22.4 Å². The number of methoxy groups -OCH3 is 1. The average Bonchev–Trinajstić information content (AvgIpc) is 2.81. The molecule has 0 saturated carbocycles. The first-order chi connectivity index (χ1) is 11.1. The highest BCUT2D eigenvalue weighted by atomic mass is 35.5.